The minimum atomic E-state index is -0.571. The smallest absolute Gasteiger partial charge is 0.252 e. The molecule has 0 N–H and O–H groups in total. The first-order valence-electron chi connectivity index (χ1n) is 48.6. The van der Waals surface area contributed by atoms with Crippen LogP contribution in [0.2, 0.25) is 0 Å². The van der Waals surface area contributed by atoms with E-state index in [0.29, 0.717) is 0 Å². The van der Waals surface area contributed by atoms with Gasteiger partial charge in [-0.15, -0.1) is 0 Å². The molecule has 26 rings (SSSR count). The van der Waals surface area contributed by atoms with Crippen molar-refractivity contribution in [3.8, 4) is 117 Å². The molecular formula is C132H104BN3. The first kappa shape index (κ1) is 81.4. The van der Waals surface area contributed by atoms with Crippen molar-refractivity contribution in [1.82, 2.24) is 4.57 Å². The molecule has 0 amide bonds. The van der Waals surface area contributed by atoms with Crippen LogP contribution in [0.1, 0.15) is 150 Å². The summed E-state index contributed by atoms with van der Waals surface area (Å²) in [5.74, 6) is 0. The fourth-order valence-corrected chi connectivity index (χ4v) is 25.0. The lowest BCUT2D eigenvalue weighted by Crippen LogP contribution is -2.61. The Morgan fingerprint density at radius 1 is 0.206 bits per heavy atom. The molecule has 0 atom stereocenters. The van der Waals surface area contributed by atoms with Gasteiger partial charge in [-0.1, -0.05) is 459 Å². The van der Waals surface area contributed by atoms with E-state index >= 15 is 0 Å². The summed E-state index contributed by atoms with van der Waals surface area (Å²) in [5, 5.41) is 2.40. The second kappa shape index (κ2) is 29.6. The third-order valence-corrected chi connectivity index (χ3v) is 31.2. The number of nitrogens with zero attached hydrogens (tertiary/aromatic N) is 3. The van der Waals surface area contributed by atoms with Crippen molar-refractivity contribution in [1.29, 1.82) is 0 Å². The van der Waals surface area contributed by atoms with Crippen LogP contribution in [0.3, 0.4) is 0 Å². The average Bonchev–Trinajstić information content (AvgIpc) is 1.50. The van der Waals surface area contributed by atoms with Crippen LogP contribution in [0, 0.1) is 0 Å². The van der Waals surface area contributed by atoms with Crippen LogP contribution in [0.4, 0.5) is 34.1 Å². The van der Waals surface area contributed by atoms with Crippen LogP contribution in [0.5, 0.6) is 0 Å². The third kappa shape index (κ3) is 11.7. The summed E-state index contributed by atoms with van der Waals surface area (Å²) >= 11 is 0. The van der Waals surface area contributed by atoms with Gasteiger partial charge in [-0.3, -0.25) is 0 Å². The summed E-state index contributed by atoms with van der Waals surface area (Å²) in [7, 11) is 0. The molecule has 2 spiro atoms. The minimum Gasteiger partial charge on any atom is -0.310 e. The first-order valence-corrected chi connectivity index (χ1v) is 48.6. The molecule has 6 aliphatic rings. The average molecular weight is 1740 g/mol. The van der Waals surface area contributed by atoms with Crippen molar-refractivity contribution in [2.45, 2.75) is 116 Å². The van der Waals surface area contributed by atoms with E-state index in [0.717, 1.165) is 106 Å². The standard InChI is InChI=1S/C132H104BN3/c1-127(2,3)87-41-29-37-81(73-87)94-55-33-56-95(82-38-30-42-88(74-82)128(4,5)6)125(94)135-118-71-69-85(92-53-35-65-112-122(92)104-51-17-25-63-110(104)131(112)106-59-21-13-45-98(106)99-46-14-22-60-107(99)131)77-114(118)133-115-78-86(93-54-36-66-113-123(93)105-52-18-26-64-111(105)132(113)108-61-23-15-47-100(108)101-48-16-24-62-109(101)132)70-72-119(115)136(121-80-91(79-120(135)124(121)133)134-116-67-27-19-49-102(116)103-50-20-28-68-117(103)134)126-96(83-39-31-43-89(75-83)129(7,8)9)57-34-58-97(126)84-40-32-44-90(76-84)130(10,11)12/h13-80H,1-12H3. The Hall–Kier alpha value is -15.4. The van der Waals surface area contributed by atoms with Gasteiger partial charge in [0.15, 0.2) is 0 Å². The molecule has 3 nitrogen and oxygen atoms in total. The third-order valence-electron chi connectivity index (χ3n) is 31.2. The number of hydrogen-bond donors (Lipinski definition) is 0. The molecule has 2 aliphatic heterocycles. The highest BCUT2D eigenvalue weighted by atomic mass is 15.2. The van der Waals surface area contributed by atoms with Gasteiger partial charge in [0.05, 0.1) is 38.9 Å². The Labute approximate surface area is 799 Å². The van der Waals surface area contributed by atoms with Gasteiger partial charge in [0.25, 0.3) is 6.71 Å². The van der Waals surface area contributed by atoms with Gasteiger partial charge in [-0.05, 0) is 230 Å². The highest BCUT2D eigenvalue weighted by molar-refractivity contribution is 7.00. The molecule has 0 fully saturated rings. The number of fused-ring (bicyclic) bond motifs is 27. The SMILES string of the molecule is CC(C)(C)c1cccc(-c2cccc(-c3cccc(C(C)(C)C)c3)c2N2c3ccc(-c4cccc5c4-c4ccccc4C54c5ccccc5-c5ccccc54)cc3B3c4cc(-c5cccc6c5-c5ccccc5C65c6ccccc6-c6ccccc65)ccc4N(c4c(-c5cccc(C(C)(C)C)c5)cccc4-c4cccc(C(C)(C)C)c4)c4cc(-n5c6ccccc6c6ccccc65)cc2c43)c1. The topological polar surface area (TPSA) is 11.4 Å². The monoisotopic (exact) mass is 1740 g/mol. The van der Waals surface area contributed by atoms with Crippen LogP contribution >= 0.6 is 0 Å². The van der Waals surface area contributed by atoms with Gasteiger partial charge in [0.1, 0.15) is 0 Å². The highest BCUT2D eigenvalue weighted by Gasteiger charge is 2.55. The molecule has 4 aliphatic carbocycles. The van der Waals surface area contributed by atoms with Gasteiger partial charge in [-0.2, -0.15) is 0 Å². The number of para-hydroxylation sites is 4. The Kier molecular flexibility index (Phi) is 17.7. The molecule has 136 heavy (non-hydrogen) atoms. The lowest BCUT2D eigenvalue weighted by atomic mass is 9.33. The van der Waals surface area contributed by atoms with Crippen LogP contribution in [0.15, 0.2) is 413 Å². The van der Waals surface area contributed by atoms with E-state index in [1.165, 1.54) is 150 Å². The maximum absolute atomic E-state index is 2.79. The summed E-state index contributed by atoms with van der Waals surface area (Å²) in [5.41, 5.74) is 51.5. The quantitative estimate of drug-likeness (QED) is 0.133. The Morgan fingerprint density at radius 3 is 0.794 bits per heavy atom. The molecule has 19 aromatic carbocycles. The maximum Gasteiger partial charge on any atom is 0.252 e. The van der Waals surface area contributed by atoms with Gasteiger partial charge in [0.2, 0.25) is 0 Å². The van der Waals surface area contributed by atoms with E-state index in [-0.39, 0.29) is 21.7 Å². The molecule has 0 radical (unpaired) electrons. The van der Waals surface area contributed by atoms with Gasteiger partial charge < -0.3 is 14.4 Å². The summed E-state index contributed by atoms with van der Waals surface area (Å²) in [6.07, 6.45) is 0. The van der Waals surface area contributed by atoms with Gasteiger partial charge >= 0.3 is 0 Å². The van der Waals surface area contributed by atoms with E-state index in [1.54, 1.807) is 0 Å². The predicted molar refractivity (Wildman–Crippen MR) is 575 cm³/mol. The molecule has 4 heteroatoms. The summed E-state index contributed by atoms with van der Waals surface area (Å²) < 4.78 is 2.59. The molecule has 0 unspecified atom stereocenters. The summed E-state index contributed by atoms with van der Waals surface area (Å²) in [4.78, 5) is 5.57. The van der Waals surface area contributed by atoms with Gasteiger partial charge in [0, 0.05) is 55.8 Å². The number of aromatic nitrogens is 1. The van der Waals surface area contributed by atoms with Crippen LogP contribution in [-0.2, 0) is 32.5 Å². The first-order chi connectivity index (χ1) is 66.0. The molecule has 0 bridgehead atoms. The van der Waals surface area contributed by atoms with Crippen molar-refractivity contribution in [3.05, 3.63) is 479 Å². The summed E-state index contributed by atoms with van der Waals surface area (Å²) in [6, 6.07) is 162. The van der Waals surface area contributed by atoms with E-state index in [4.69, 9.17) is 0 Å². The van der Waals surface area contributed by atoms with E-state index < -0.39 is 17.5 Å². The fourth-order valence-electron chi connectivity index (χ4n) is 25.0. The predicted octanol–water partition coefficient (Wildman–Crippen LogP) is 32.7. The molecule has 0 saturated carbocycles. The Balaban J connectivity index is 0.845. The van der Waals surface area contributed by atoms with Crippen molar-refractivity contribution in [3.63, 3.8) is 0 Å². The molecule has 0 saturated heterocycles. The molecule has 20 aromatic rings. The fraction of sp³-hybridized carbons (Fsp3) is 0.136. The number of hydrogen-bond acceptors (Lipinski definition) is 2. The highest BCUT2D eigenvalue weighted by Crippen LogP contribution is 2.67. The van der Waals surface area contributed by atoms with Crippen LogP contribution in [-0.4, -0.2) is 11.3 Å². The zero-order valence-corrected chi connectivity index (χ0v) is 79.2. The molecule has 1 aromatic heterocycles. The van der Waals surface area contributed by atoms with E-state index in [1.807, 2.05) is 0 Å². The normalized spacial score (nSPS) is 14.1. The van der Waals surface area contributed by atoms with E-state index in [2.05, 4.69) is 510 Å². The molecule has 3 heterocycles. The second-order valence-electron chi connectivity index (χ2n) is 42.9. The van der Waals surface area contributed by atoms with Crippen LogP contribution in [0.25, 0.3) is 139 Å². The second-order valence-corrected chi connectivity index (χ2v) is 42.9. The zero-order chi connectivity index (χ0) is 92.0. The van der Waals surface area contributed by atoms with Crippen molar-refractivity contribution < 1.29 is 0 Å². The summed E-state index contributed by atoms with van der Waals surface area (Å²) in [6.45, 7) is 27.8. The number of benzene rings is 19. The molecular weight excluding hydrogens is 1640 g/mol. The van der Waals surface area contributed by atoms with Crippen molar-refractivity contribution in [2.24, 2.45) is 0 Å². The molecule has 650 valence electrons. The lowest BCUT2D eigenvalue weighted by Gasteiger charge is -2.46. The zero-order valence-electron chi connectivity index (χ0n) is 79.2. The van der Waals surface area contributed by atoms with Crippen molar-refractivity contribution >= 4 is 79.0 Å². The number of rotatable bonds is 9. The maximum atomic E-state index is 2.79. The van der Waals surface area contributed by atoms with Crippen molar-refractivity contribution in [2.75, 3.05) is 9.80 Å². The van der Waals surface area contributed by atoms with Gasteiger partial charge in [-0.25, -0.2) is 0 Å². The van der Waals surface area contributed by atoms with Crippen LogP contribution < -0.4 is 26.2 Å². The number of anilines is 6. The Morgan fingerprint density at radius 2 is 0.463 bits per heavy atom. The lowest BCUT2D eigenvalue weighted by molar-refractivity contribution is 0.590. The Bertz CT molecular complexity index is 7780. The van der Waals surface area contributed by atoms with E-state index in [9.17, 15) is 0 Å². The largest absolute Gasteiger partial charge is 0.310 e. The minimum absolute atomic E-state index is 0.168.